The molecule has 0 spiro atoms. The molecule has 1 aromatic rings. The topological polar surface area (TPSA) is 32.3 Å². The van der Waals surface area contributed by atoms with Crippen molar-refractivity contribution in [2.24, 2.45) is 0 Å². The normalized spacial score (nSPS) is 18.6. The highest BCUT2D eigenvalue weighted by molar-refractivity contribution is 9.10. The van der Waals surface area contributed by atoms with Crippen molar-refractivity contribution in [1.29, 1.82) is 0 Å². The number of nitrogens with zero attached hydrogens (tertiary/aromatic N) is 1. The fourth-order valence-corrected chi connectivity index (χ4v) is 2.95. The van der Waals surface area contributed by atoms with E-state index in [1.165, 1.54) is 6.42 Å². The van der Waals surface area contributed by atoms with Gasteiger partial charge < -0.3 is 10.2 Å². The van der Waals surface area contributed by atoms with E-state index in [-0.39, 0.29) is 11.9 Å². The number of aryl methyl sites for hydroxylation is 1. The summed E-state index contributed by atoms with van der Waals surface area (Å²) in [5.74, 6) is 0.120. The van der Waals surface area contributed by atoms with Gasteiger partial charge in [0.2, 0.25) is 0 Å². The van der Waals surface area contributed by atoms with E-state index in [1.54, 1.807) is 0 Å². The van der Waals surface area contributed by atoms with Crippen molar-refractivity contribution in [1.82, 2.24) is 10.2 Å². The molecule has 0 bridgehead atoms. The molecule has 1 aliphatic rings. The number of nitrogens with one attached hydrogen (secondary N) is 1. The quantitative estimate of drug-likeness (QED) is 0.912. The monoisotopic (exact) mass is 338 g/mol. The van der Waals surface area contributed by atoms with Crippen LogP contribution < -0.4 is 5.32 Å². The Morgan fingerprint density at radius 2 is 2.25 bits per heavy atom. The highest BCUT2D eigenvalue weighted by Gasteiger charge is 2.24. The number of carbonyl (C=O) groups excluding carboxylic acids is 1. The minimum absolute atomic E-state index is 0.120. The molecule has 1 unspecified atom stereocenters. The number of amides is 1. The fraction of sp³-hybridized carbons (Fsp3) is 0.562. The Morgan fingerprint density at radius 3 is 2.80 bits per heavy atom. The van der Waals surface area contributed by atoms with Gasteiger partial charge in [0.05, 0.1) is 0 Å². The van der Waals surface area contributed by atoms with Gasteiger partial charge in [-0.15, -0.1) is 0 Å². The highest BCUT2D eigenvalue weighted by atomic mass is 79.9. The molecule has 20 heavy (non-hydrogen) atoms. The van der Waals surface area contributed by atoms with E-state index in [9.17, 15) is 4.79 Å². The summed E-state index contributed by atoms with van der Waals surface area (Å²) < 4.78 is 0.992. The number of rotatable bonds is 4. The number of hydrogen-bond donors (Lipinski definition) is 1. The van der Waals surface area contributed by atoms with E-state index in [1.807, 2.05) is 30.0 Å². The minimum atomic E-state index is 0.120. The van der Waals surface area contributed by atoms with Gasteiger partial charge in [0.1, 0.15) is 0 Å². The smallest absolute Gasteiger partial charge is 0.254 e. The van der Waals surface area contributed by atoms with Crippen LogP contribution in [0.3, 0.4) is 0 Å². The molecular formula is C16H23BrN2O. The van der Waals surface area contributed by atoms with Gasteiger partial charge in [0.15, 0.2) is 0 Å². The van der Waals surface area contributed by atoms with Gasteiger partial charge >= 0.3 is 0 Å². The van der Waals surface area contributed by atoms with Gasteiger partial charge in [0.25, 0.3) is 5.91 Å². The van der Waals surface area contributed by atoms with E-state index in [0.29, 0.717) is 6.04 Å². The number of carbonyl (C=O) groups is 1. The van der Waals surface area contributed by atoms with E-state index in [4.69, 9.17) is 0 Å². The lowest BCUT2D eigenvalue weighted by Gasteiger charge is -2.29. The molecule has 0 aliphatic carbocycles. The lowest BCUT2D eigenvalue weighted by molar-refractivity contribution is 0.0689. The molecule has 1 aromatic carbocycles. The summed E-state index contributed by atoms with van der Waals surface area (Å²) in [7, 11) is 0. The molecule has 1 saturated heterocycles. The Balaban J connectivity index is 2.15. The predicted octanol–water partition coefficient (Wildman–Crippen LogP) is 3.36. The minimum Gasteiger partial charge on any atom is -0.335 e. The molecule has 1 heterocycles. The molecule has 4 heteroatoms. The van der Waals surface area contributed by atoms with Gasteiger partial charge in [-0.25, -0.2) is 0 Å². The van der Waals surface area contributed by atoms with Crippen LogP contribution in [0.5, 0.6) is 0 Å². The predicted molar refractivity (Wildman–Crippen MR) is 86.1 cm³/mol. The number of benzene rings is 1. The zero-order chi connectivity index (χ0) is 14.7. The number of halogens is 1. The lowest BCUT2D eigenvalue weighted by atomic mass is 10.1. The van der Waals surface area contributed by atoms with Crippen LogP contribution in [0.15, 0.2) is 22.7 Å². The van der Waals surface area contributed by atoms with Crippen molar-refractivity contribution in [3.05, 3.63) is 33.8 Å². The van der Waals surface area contributed by atoms with Gasteiger partial charge in [-0.1, -0.05) is 22.0 Å². The van der Waals surface area contributed by atoms with Crippen LogP contribution in [0.2, 0.25) is 0 Å². The van der Waals surface area contributed by atoms with Crippen molar-refractivity contribution in [3.8, 4) is 0 Å². The Bertz CT molecular complexity index is 481. The van der Waals surface area contributed by atoms with Gasteiger partial charge in [0, 0.05) is 28.7 Å². The molecule has 0 saturated carbocycles. The Hall–Kier alpha value is -0.870. The summed E-state index contributed by atoms with van der Waals surface area (Å²) in [5, 5.41) is 3.47. The average molecular weight is 339 g/mol. The molecule has 110 valence electrons. The fourth-order valence-electron chi connectivity index (χ4n) is 2.57. The third-order valence-electron chi connectivity index (χ3n) is 3.88. The summed E-state index contributed by atoms with van der Waals surface area (Å²) in [4.78, 5) is 14.7. The number of hydrogen-bond acceptors (Lipinski definition) is 2. The lowest BCUT2D eigenvalue weighted by Crippen LogP contribution is -2.44. The van der Waals surface area contributed by atoms with Crippen molar-refractivity contribution in [2.45, 2.75) is 45.7 Å². The second-order valence-electron chi connectivity index (χ2n) is 5.81. The molecule has 0 radical (unpaired) electrons. The van der Waals surface area contributed by atoms with Crippen LogP contribution in [0, 0.1) is 6.92 Å². The molecule has 0 aromatic heterocycles. The molecule has 1 N–H and O–H groups in total. The Morgan fingerprint density at radius 1 is 1.50 bits per heavy atom. The van der Waals surface area contributed by atoms with E-state index < -0.39 is 0 Å². The third-order valence-corrected chi connectivity index (χ3v) is 4.74. The first-order chi connectivity index (χ1) is 9.49. The van der Waals surface area contributed by atoms with Gasteiger partial charge in [-0.3, -0.25) is 4.79 Å². The molecule has 3 nitrogen and oxygen atoms in total. The molecule has 2 rings (SSSR count). The SMILES string of the molecule is Cc1ccc(C(=O)N(CC2CCCN2)C(C)C)cc1Br. The third kappa shape index (κ3) is 3.61. The molecular weight excluding hydrogens is 316 g/mol. The van der Waals surface area contributed by atoms with E-state index >= 15 is 0 Å². The summed E-state index contributed by atoms with van der Waals surface area (Å²) in [5.41, 5.74) is 1.91. The van der Waals surface area contributed by atoms with Crippen LogP contribution in [0.25, 0.3) is 0 Å². The van der Waals surface area contributed by atoms with Crippen LogP contribution in [-0.2, 0) is 0 Å². The Labute approximate surface area is 129 Å². The maximum atomic E-state index is 12.7. The maximum Gasteiger partial charge on any atom is 0.254 e. The van der Waals surface area contributed by atoms with Crippen molar-refractivity contribution < 1.29 is 4.79 Å². The first kappa shape index (κ1) is 15.5. The van der Waals surface area contributed by atoms with Crippen molar-refractivity contribution in [2.75, 3.05) is 13.1 Å². The van der Waals surface area contributed by atoms with Gasteiger partial charge in [-0.05, 0) is 57.9 Å². The zero-order valence-electron chi connectivity index (χ0n) is 12.4. The van der Waals surface area contributed by atoms with Crippen LogP contribution in [0.1, 0.15) is 42.6 Å². The van der Waals surface area contributed by atoms with Crippen molar-refractivity contribution in [3.63, 3.8) is 0 Å². The zero-order valence-corrected chi connectivity index (χ0v) is 14.0. The molecule has 1 fully saturated rings. The standard InChI is InChI=1S/C16H23BrN2O/c1-11(2)19(10-14-5-4-8-18-14)16(20)13-7-6-12(3)15(17)9-13/h6-7,9,11,14,18H,4-5,8,10H2,1-3H3. The Kier molecular flexibility index (Phi) is 5.22. The second-order valence-corrected chi connectivity index (χ2v) is 6.66. The molecule has 1 atom stereocenters. The van der Waals surface area contributed by atoms with Gasteiger partial charge in [-0.2, -0.15) is 0 Å². The van der Waals surface area contributed by atoms with Crippen LogP contribution in [-0.4, -0.2) is 36.0 Å². The largest absolute Gasteiger partial charge is 0.335 e. The van der Waals surface area contributed by atoms with Crippen LogP contribution >= 0.6 is 15.9 Å². The highest BCUT2D eigenvalue weighted by Crippen LogP contribution is 2.20. The molecule has 1 amide bonds. The summed E-state index contributed by atoms with van der Waals surface area (Å²) in [6.45, 7) is 8.05. The first-order valence-electron chi connectivity index (χ1n) is 7.29. The van der Waals surface area contributed by atoms with Crippen LogP contribution in [0.4, 0.5) is 0 Å². The van der Waals surface area contributed by atoms with E-state index in [2.05, 4.69) is 35.1 Å². The average Bonchev–Trinajstić information content (AvgIpc) is 2.91. The molecule has 1 aliphatic heterocycles. The summed E-state index contributed by atoms with van der Waals surface area (Å²) >= 11 is 3.51. The van der Waals surface area contributed by atoms with Crippen molar-refractivity contribution >= 4 is 21.8 Å². The first-order valence-corrected chi connectivity index (χ1v) is 8.09. The summed E-state index contributed by atoms with van der Waals surface area (Å²) in [6.07, 6.45) is 2.37. The maximum absolute atomic E-state index is 12.7. The van der Waals surface area contributed by atoms with E-state index in [0.717, 1.165) is 35.1 Å². The second kappa shape index (κ2) is 6.72. The summed E-state index contributed by atoms with van der Waals surface area (Å²) in [6, 6.07) is 6.48.